The molecule has 1 saturated heterocycles. The zero-order valence-corrected chi connectivity index (χ0v) is 14.3. The molecule has 2 rings (SSSR count). The lowest BCUT2D eigenvalue weighted by molar-refractivity contribution is 0.0227. The van der Waals surface area contributed by atoms with Gasteiger partial charge in [0, 0.05) is 19.1 Å². The van der Waals surface area contributed by atoms with Gasteiger partial charge in [0.05, 0.1) is 0 Å². The number of benzene rings is 1. The third-order valence-electron chi connectivity index (χ3n) is 3.91. The van der Waals surface area contributed by atoms with Gasteiger partial charge in [-0.3, -0.25) is 0 Å². The average molecular weight is 320 g/mol. The van der Waals surface area contributed by atoms with Crippen molar-refractivity contribution in [1.29, 1.82) is 0 Å². The van der Waals surface area contributed by atoms with Crippen LogP contribution in [0.15, 0.2) is 24.3 Å². The number of likely N-dealkylation sites (tertiary alicyclic amines) is 1. The quantitative estimate of drug-likeness (QED) is 0.819. The summed E-state index contributed by atoms with van der Waals surface area (Å²) in [5.41, 5.74) is 0.738. The number of hydrogen-bond donors (Lipinski definition) is 2. The second kappa shape index (κ2) is 7.68. The Balaban J connectivity index is 1.73. The third kappa shape index (κ3) is 5.75. The molecule has 1 unspecified atom stereocenters. The first-order valence-electron chi connectivity index (χ1n) is 8.33. The number of aromatic hydroxyl groups is 1. The molecular weight excluding hydrogens is 292 g/mol. The monoisotopic (exact) mass is 320 g/mol. The molecule has 0 spiro atoms. The van der Waals surface area contributed by atoms with Crippen LogP contribution in [0.3, 0.4) is 0 Å². The number of nitrogens with zero attached hydrogens (tertiary/aromatic N) is 1. The maximum atomic E-state index is 12.2. The first kappa shape index (κ1) is 17.6. The molecule has 128 valence electrons. The fraction of sp³-hybridized carbons (Fsp3) is 0.611. The zero-order valence-electron chi connectivity index (χ0n) is 14.3. The molecule has 1 amide bonds. The lowest BCUT2D eigenvalue weighted by Gasteiger charge is -2.28. The molecule has 1 fully saturated rings. The van der Waals surface area contributed by atoms with Crippen LogP contribution in [0.1, 0.15) is 39.2 Å². The van der Waals surface area contributed by atoms with E-state index in [1.54, 1.807) is 12.1 Å². The largest absolute Gasteiger partial charge is 0.508 e. The van der Waals surface area contributed by atoms with E-state index >= 15 is 0 Å². The summed E-state index contributed by atoms with van der Waals surface area (Å²) in [5.74, 6) is 0.292. The molecule has 0 radical (unpaired) electrons. The molecule has 2 N–H and O–H groups in total. The van der Waals surface area contributed by atoms with Crippen molar-refractivity contribution in [2.45, 2.75) is 51.7 Å². The summed E-state index contributed by atoms with van der Waals surface area (Å²) < 4.78 is 5.47. The van der Waals surface area contributed by atoms with E-state index in [1.807, 2.05) is 37.8 Å². The Bertz CT molecular complexity index is 508. The highest BCUT2D eigenvalue weighted by molar-refractivity contribution is 5.69. The molecule has 1 atom stereocenters. The zero-order chi connectivity index (χ0) is 16.9. The van der Waals surface area contributed by atoms with E-state index in [2.05, 4.69) is 5.32 Å². The number of carbonyl (C=O) groups is 1. The van der Waals surface area contributed by atoms with E-state index in [4.69, 9.17) is 4.74 Å². The number of phenols is 1. The molecule has 1 heterocycles. The molecule has 0 aromatic heterocycles. The Labute approximate surface area is 138 Å². The van der Waals surface area contributed by atoms with E-state index < -0.39 is 5.60 Å². The summed E-state index contributed by atoms with van der Waals surface area (Å²) in [4.78, 5) is 14.1. The second-order valence-corrected chi connectivity index (χ2v) is 7.09. The molecule has 1 aliphatic heterocycles. The van der Waals surface area contributed by atoms with Crippen molar-refractivity contribution in [2.75, 3.05) is 19.6 Å². The Hall–Kier alpha value is -1.75. The minimum atomic E-state index is -0.448. The van der Waals surface area contributed by atoms with Crippen LogP contribution in [-0.4, -0.2) is 47.4 Å². The van der Waals surface area contributed by atoms with Gasteiger partial charge >= 0.3 is 6.09 Å². The van der Waals surface area contributed by atoms with Crippen molar-refractivity contribution in [1.82, 2.24) is 10.2 Å². The highest BCUT2D eigenvalue weighted by Crippen LogP contribution is 2.20. The molecule has 5 heteroatoms. The van der Waals surface area contributed by atoms with Gasteiger partial charge < -0.3 is 20.1 Å². The summed E-state index contributed by atoms with van der Waals surface area (Å²) in [6.07, 6.45) is 2.74. The Morgan fingerprint density at radius 1 is 1.35 bits per heavy atom. The number of rotatable bonds is 5. The Morgan fingerprint density at radius 2 is 2.04 bits per heavy atom. The number of amides is 1. The normalized spacial score (nSPS) is 18.2. The van der Waals surface area contributed by atoms with Crippen molar-refractivity contribution in [3.8, 4) is 5.75 Å². The summed E-state index contributed by atoms with van der Waals surface area (Å²) in [6, 6.07) is 7.48. The van der Waals surface area contributed by atoms with Crippen LogP contribution in [0.5, 0.6) is 5.75 Å². The number of ether oxygens (including phenoxy) is 1. The third-order valence-corrected chi connectivity index (χ3v) is 3.91. The maximum Gasteiger partial charge on any atom is 0.410 e. The van der Waals surface area contributed by atoms with Crippen LogP contribution in [0, 0.1) is 0 Å². The molecule has 0 bridgehead atoms. The summed E-state index contributed by atoms with van der Waals surface area (Å²) in [5, 5.41) is 12.7. The van der Waals surface area contributed by atoms with Gasteiger partial charge in [-0.15, -0.1) is 0 Å². The van der Waals surface area contributed by atoms with E-state index in [0.717, 1.165) is 38.9 Å². The predicted octanol–water partition coefficient (Wildman–Crippen LogP) is 2.92. The molecule has 1 aromatic carbocycles. The summed E-state index contributed by atoms with van der Waals surface area (Å²) in [6.45, 7) is 8.10. The van der Waals surface area contributed by atoms with Crippen LogP contribution in [0.4, 0.5) is 4.79 Å². The predicted molar refractivity (Wildman–Crippen MR) is 90.6 cm³/mol. The first-order chi connectivity index (χ1) is 10.8. The lowest BCUT2D eigenvalue weighted by atomic mass is 10.1. The standard InChI is InChI=1S/C18H28N2O3/c1-18(2,3)23-17(22)20-12-4-5-15(20)13-19-11-10-14-6-8-16(21)9-7-14/h6-9,15,19,21H,4-5,10-13H2,1-3H3. The fourth-order valence-corrected chi connectivity index (χ4v) is 2.77. The maximum absolute atomic E-state index is 12.2. The van der Waals surface area contributed by atoms with Gasteiger partial charge in [-0.1, -0.05) is 12.1 Å². The van der Waals surface area contributed by atoms with Crippen LogP contribution >= 0.6 is 0 Å². The van der Waals surface area contributed by atoms with Gasteiger partial charge in [0.25, 0.3) is 0 Å². The van der Waals surface area contributed by atoms with Crippen molar-refractivity contribution in [3.63, 3.8) is 0 Å². The van der Waals surface area contributed by atoms with Crippen LogP contribution in [0.2, 0.25) is 0 Å². The number of carbonyl (C=O) groups excluding carboxylic acids is 1. The van der Waals surface area contributed by atoms with Crippen LogP contribution < -0.4 is 5.32 Å². The molecule has 0 aliphatic carbocycles. The van der Waals surface area contributed by atoms with E-state index in [-0.39, 0.29) is 12.1 Å². The fourth-order valence-electron chi connectivity index (χ4n) is 2.77. The van der Waals surface area contributed by atoms with Gasteiger partial charge in [-0.25, -0.2) is 4.79 Å². The molecule has 1 aromatic rings. The van der Waals surface area contributed by atoms with Crippen molar-refractivity contribution in [2.24, 2.45) is 0 Å². The topological polar surface area (TPSA) is 61.8 Å². The minimum Gasteiger partial charge on any atom is -0.508 e. The minimum absolute atomic E-state index is 0.208. The van der Waals surface area contributed by atoms with Gasteiger partial charge in [0.15, 0.2) is 0 Å². The van der Waals surface area contributed by atoms with Crippen molar-refractivity contribution >= 4 is 6.09 Å². The molecule has 0 saturated carbocycles. The smallest absolute Gasteiger partial charge is 0.410 e. The second-order valence-electron chi connectivity index (χ2n) is 7.09. The van der Waals surface area contributed by atoms with Crippen molar-refractivity contribution < 1.29 is 14.6 Å². The van der Waals surface area contributed by atoms with Gasteiger partial charge in [0.2, 0.25) is 0 Å². The number of nitrogens with one attached hydrogen (secondary N) is 1. The highest BCUT2D eigenvalue weighted by atomic mass is 16.6. The van der Waals surface area contributed by atoms with Crippen LogP contribution in [0.25, 0.3) is 0 Å². The van der Waals surface area contributed by atoms with Crippen molar-refractivity contribution in [3.05, 3.63) is 29.8 Å². The molecule has 1 aliphatic rings. The first-order valence-corrected chi connectivity index (χ1v) is 8.33. The van der Waals surface area contributed by atoms with E-state index in [0.29, 0.717) is 5.75 Å². The molecule has 23 heavy (non-hydrogen) atoms. The van der Waals surface area contributed by atoms with Crippen LogP contribution in [-0.2, 0) is 11.2 Å². The Morgan fingerprint density at radius 3 is 2.70 bits per heavy atom. The average Bonchev–Trinajstić information content (AvgIpc) is 2.92. The number of hydrogen-bond acceptors (Lipinski definition) is 4. The molecule has 5 nitrogen and oxygen atoms in total. The van der Waals surface area contributed by atoms with E-state index in [9.17, 15) is 9.90 Å². The van der Waals surface area contributed by atoms with Gasteiger partial charge in [-0.05, 0) is 64.3 Å². The number of phenolic OH excluding ortho intramolecular Hbond substituents is 1. The molecular formula is C18H28N2O3. The Kier molecular flexibility index (Phi) is 5.88. The lowest BCUT2D eigenvalue weighted by Crippen LogP contribution is -2.44. The summed E-state index contributed by atoms with van der Waals surface area (Å²) >= 11 is 0. The SMILES string of the molecule is CC(C)(C)OC(=O)N1CCCC1CNCCc1ccc(O)cc1. The van der Waals surface area contributed by atoms with Gasteiger partial charge in [-0.2, -0.15) is 0 Å². The van der Waals surface area contributed by atoms with Gasteiger partial charge in [0.1, 0.15) is 11.4 Å². The highest BCUT2D eigenvalue weighted by Gasteiger charge is 2.31. The van der Waals surface area contributed by atoms with E-state index in [1.165, 1.54) is 5.56 Å². The summed E-state index contributed by atoms with van der Waals surface area (Å²) in [7, 11) is 0.